The van der Waals surface area contributed by atoms with E-state index in [4.69, 9.17) is 0 Å². The summed E-state index contributed by atoms with van der Waals surface area (Å²) in [4.78, 5) is 4.56. The Kier molecular flexibility index (Phi) is 4.56. The van der Waals surface area contributed by atoms with Crippen LogP contribution in [0.15, 0.2) is 5.38 Å². The molecule has 0 aliphatic carbocycles. The zero-order valence-corrected chi connectivity index (χ0v) is 13.9. The molecule has 0 radical (unpaired) electrons. The summed E-state index contributed by atoms with van der Waals surface area (Å²) in [7, 11) is -2.85. The molecule has 1 aromatic rings. The second kappa shape index (κ2) is 5.73. The molecular weight excluding hydrogens is 294 g/mol. The highest BCUT2D eigenvalue weighted by Crippen LogP contribution is 2.27. The SMILES string of the molecule is CC(C)(C)c1csc(CC(O)CC2CCS(=O)(=O)C2)n1. The lowest BCUT2D eigenvalue weighted by molar-refractivity contribution is 0.146. The maximum Gasteiger partial charge on any atom is 0.150 e. The zero-order chi connectivity index (χ0) is 15.0. The molecule has 1 aliphatic rings. The standard InChI is InChI=1S/C14H23NO3S2/c1-14(2,3)12-8-19-13(15-12)7-11(16)6-10-4-5-20(17,18)9-10/h8,10-11,16H,4-7,9H2,1-3H3. The summed E-state index contributed by atoms with van der Waals surface area (Å²) in [6, 6.07) is 0. The van der Waals surface area contributed by atoms with Crippen molar-refractivity contribution >= 4 is 21.2 Å². The number of hydrogen-bond acceptors (Lipinski definition) is 5. The van der Waals surface area contributed by atoms with Crippen LogP contribution >= 0.6 is 11.3 Å². The van der Waals surface area contributed by atoms with E-state index in [2.05, 4.69) is 25.8 Å². The molecule has 0 saturated carbocycles. The van der Waals surface area contributed by atoms with Crippen LogP contribution in [0.4, 0.5) is 0 Å². The minimum Gasteiger partial charge on any atom is -0.393 e. The van der Waals surface area contributed by atoms with Gasteiger partial charge < -0.3 is 5.11 Å². The molecule has 4 nitrogen and oxygen atoms in total. The molecule has 0 amide bonds. The number of aliphatic hydroxyl groups excluding tert-OH is 1. The first kappa shape index (κ1) is 15.9. The average Bonchev–Trinajstić information content (AvgIpc) is 2.84. The number of aliphatic hydroxyl groups is 1. The van der Waals surface area contributed by atoms with Gasteiger partial charge in [-0.05, 0) is 18.8 Å². The topological polar surface area (TPSA) is 67.3 Å². The van der Waals surface area contributed by atoms with Gasteiger partial charge in [-0.2, -0.15) is 0 Å². The molecular formula is C14H23NO3S2. The first-order valence-electron chi connectivity index (χ1n) is 6.99. The van der Waals surface area contributed by atoms with Crippen LogP contribution in [0, 0.1) is 5.92 Å². The van der Waals surface area contributed by atoms with Gasteiger partial charge >= 0.3 is 0 Å². The van der Waals surface area contributed by atoms with Crippen LogP contribution in [-0.2, 0) is 21.7 Å². The van der Waals surface area contributed by atoms with Crippen molar-refractivity contribution in [1.82, 2.24) is 4.98 Å². The Labute approximate surface area is 125 Å². The average molecular weight is 317 g/mol. The highest BCUT2D eigenvalue weighted by molar-refractivity contribution is 7.91. The number of hydrogen-bond donors (Lipinski definition) is 1. The molecule has 0 spiro atoms. The van der Waals surface area contributed by atoms with Gasteiger partial charge in [-0.3, -0.25) is 0 Å². The Morgan fingerprint density at radius 3 is 2.70 bits per heavy atom. The lowest BCUT2D eigenvalue weighted by Gasteiger charge is -2.15. The Morgan fingerprint density at radius 2 is 2.20 bits per heavy atom. The molecule has 0 bridgehead atoms. The summed E-state index contributed by atoms with van der Waals surface area (Å²) >= 11 is 1.57. The third-order valence-corrected chi connectivity index (χ3v) is 6.37. The monoisotopic (exact) mass is 317 g/mol. The normalized spacial score (nSPS) is 23.9. The molecule has 0 aromatic carbocycles. The van der Waals surface area contributed by atoms with Gasteiger partial charge in [0.2, 0.25) is 0 Å². The maximum atomic E-state index is 11.4. The first-order valence-corrected chi connectivity index (χ1v) is 9.69. The second-order valence-electron chi connectivity index (χ2n) is 6.74. The first-order chi connectivity index (χ1) is 9.16. The van der Waals surface area contributed by atoms with E-state index in [1.807, 2.05) is 5.38 Å². The van der Waals surface area contributed by atoms with Crippen LogP contribution in [0.3, 0.4) is 0 Å². The van der Waals surface area contributed by atoms with E-state index < -0.39 is 15.9 Å². The van der Waals surface area contributed by atoms with Crippen molar-refractivity contribution in [3.63, 3.8) is 0 Å². The van der Waals surface area contributed by atoms with Crippen molar-refractivity contribution in [2.45, 2.75) is 51.6 Å². The van der Waals surface area contributed by atoms with Crippen LogP contribution in [0.5, 0.6) is 0 Å². The van der Waals surface area contributed by atoms with Crippen molar-refractivity contribution in [2.75, 3.05) is 11.5 Å². The number of aromatic nitrogens is 1. The van der Waals surface area contributed by atoms with E-state index in [-0.39, 0.29) is 22.8 Å². The number of rotatable bonds is 4. The number of nitrogens with zero attached hydrogens (tertiary/aromatic N) is 1. The Balaban J connectivity index is 1.89. The lowest BCUT2D eigenvalue weighted by Crippen LogP contribution is -2.17. The smallest absolute Gasteiger partial charge is 0.150 e. The van der Waals surface area contributed by atoms with Crippen LogP contribution in [0.1, 0.15) is 44.3 Å². The van der Waals surface area contributed by atoms with Crippen molar-refractivity contribution in [3.05, 3.63) is 16.1 Å². The van der Waals surface area contributed by atoms with Crippen LogP contribution in [-0.4, -0.2) is 36.1 Å². The van der Waals surface area contributed by atoms with Crippen LogP contribution < -0.4 is 0 Å². The van der Waals surface area contributed by atoms with E-state index in [1.54, 1.807) is 11.3 Å². The summed E-state index contributed by atoms with van der Waals surface area (Å²) in [5.74, 6) is 0.613. The molecule has 1 fully saturated rings. The summed E-state index contributed by atoms with van der Waals surface area (Å²) in [6.45, 7) is 6.35. The van der Waals surface area contributed by atoms with Crippen LogP contribution in [0.2, 0.25) is 0 Å². The van der Waals surface area contributed by atoms with E-state index >= 15 is 0 Å². The van der Waals surface area contributed by atoms with Gasteiger partial charge in [-0.15, -0.1) is 11.3 Å². The van der Waals surface area contributed by atoms with Crippen LogP contribution in [0.25, 0.3) is 0 Å². The van der Waals surface area contributed by atoms with Gasteiger partial charge in [0.25, 0.3) is 0 Å². The van der Waals surface area contributed by atoms with Gasteiger partial charge in [0.15, 0.2) is 9.84 Å². The second-order valence-corrected chi connectivity index (χ2v) is 9.91. The number of sulfone groups is 1. The third kappa shape index (κ3) is 4.27. The lowest BCUT2D eigenvalue weighted by atomic mass is 9.93. The molecule has 2 unspecified atom stereocenters. The zero-order valence-electron chi connectivity index (χ0n) is 12.3. The maximum absolute atomic E-state index is 11.4. The Morgan fingerprint density at radius 1 is 1.50 bits per heavy atom. The molecule has 20 heavy (non-hydrogen) atoms. The van der Waals surface area contributed by atoms with Gasteiger partial charge in [0.05, 0.1) is 28.3 Å². The fourth-order valence-electron chi connectivity index (χ4n) is 2.48. The van der Waals surface area contributed by atoms with Crippen molar-refractivity contribution < 1.29 is 13.5 Å². The van der Waals surface area contributed by atoms with Crippen molar-refractivity contribution in [3.8, 4) is 0 Å². The molecule has 1 aliphatic heterocycles. The molecule has 2 heterocycles. The van der Waals surface area contributed by atoms with E-state index in [1.165, 1.54) is 0 Å². The van der Waals surface area contributed by atoms with Gasteiger partial charge in [0.1, 0.15) is 0 Å². The van der Waals surface area contributed by atoms with Gasteiger partial charge in [-0.25, -0.2) is 13.4 Å². The summed E-state index contributed by atoms with van der Waals surface area (Å²) in [5.41, 5.74) is 1.08. The third-order valence-electron chi connectivity index (χ3n) is 3.66. The predicted molar refractivity (Wildman–Crippen MR) is 81.9 cm³/mol. The minimum atomic E-state index is -2.85. The fraction of sp³-hybridized carbons (Fsp3) is 0.786. The largest absolute Gasteiger partial charge is 0.393 e. The highest BCUT2D eigenvalue weighted by atomic mass is 32.2. The Bertz CT molecular complexity index is 557. The molecule has 1 N–H and O–H groups in total. The summed E-state index contributed by atoms with van der Waals surface area (Å²) in [5, 5.41) is 13.1. The quantitative estimate of drug-likeness (QED) is 0.924. The highest BCUT2D eigenvalue weighted by Gasteiger charge is 2.29. The van der Waals surface area contributed by atoms with E-state index in [9.17, 15) is 13.5 Å². The number of thiazole rings is 1. The molecule has 114 valence electrons. The molecule has 2 rings (SSSR count). The summed E-state index contributed by atoms with van der Waals surface area (Å²) in [6.07, 6.45) is 1.28. The van der Waals surface area contributed by atoms with E-state index in [0.717, 1.165) is 10.7 Å². The van der Waals surface area contributed by atoms with Crippen molar-refractivity contribution in [2.24, 2.45) is 5.92 Å². The fourth-order valence-corrected chi connectivity index (χ4v) is 5.45. The summed E-state index contributed by atoms with van der Waals surface area (Å²) < 4.78 is 22.8. The minimum absolute atomic E-state index is 0.0270. The van der Waals surface area contributed by atoms with Gasteiger partial charge in [-0.1, -0.05) is 20.8 Å². The Hall–Kier alpha value is -0.460. The van der Waals surface area contributed by atoms with Crippen molar-refractivity contribution in [1.29, 1.82) is 0 Å². The molecule has 1 aromatic heterocycles. The van der Waals surface area contributed by atoms with E-state index in [0.29, 0.717) is 19.3 Å². The molecule has 1 saturated heterocycles. The molecule has 6 heteroatoms. The molecule has 2 atom stereocenters. The van der Waals surface area contributed by atoms with Gasteiger partial charge in [0, 0.05) is 17.2 Å². The predicted octanol–water partition coefficient (Wildman–Crippen LogP) is 2.17.